The first-order valence-corrected chi connectivity index (χ1v) is 10.3. The van der Waals surface area contributed by atoms with Crippen molar-refractivity contribution >= 4 is 33.0 Å². The van der Waals surface area contributed by atoms with Crippen molar-refractivity contribution in [2.45, 2.75) is 18.7 Å². The van der Waals surface area contributed by atoms with Gasteiger partial charge in [-0.2, -0.15) is 0 Å². The molecule has 0 spiro atoms. The van der Waals surface area contributed by atoms with Crippen LogP contribution >= 0.6 is 0 Å². The smallest absolute Gasteiger partial charge is 0.265 e. The third-order valence-corrected chi connectivity index (χ3v) is 6.63. The maximum Gasteiger partial charge on any atom is 0.265 e. The quantitative estimate of drug-likeness (QED) is 0.574. The van der Waals surface area contributed by atoms with Gasteiger partial charge in [0.2, 0.25) is 0 Å². The summed E-state index contributed by atoms with van der Waals surface area (Å²) in [7, 11) is 0.509. The molecule has 29 heavy (non-hydrogen) atoms. The third kappa shape index (κ3) is 3.51. The van der Waals surface area contributed by atoms with Gasteiger partial charge in [-0.05, 0) is 37.6 Å². The summed E-state index contributed by atoms with van der Waals surface area (Å²) in [6.07, 6.45) is 0.620. The van der Waals surface area contributed by atoms with Crippen LogP contribution in [-0.2, 0) is 10.0 Å². The molecular weight excluding hydrogens is 392 g/mol. The maximum atomic E-state index is 13.1. The molecule has 1 heterocycles. The summed E-state index contributed by atoms with van der Waals surface area (Å²) in [6, 6.07) is 9.88. The van der Waals surface area contributed by atoms with Crippen LogP contribution < -0.4 is 13.8 Å². The minimum absolute atomic E-state index is 0.0535. The Balaban J connectivity index is 2.25. The fourth-order valence-electron chi connectivity index (χ4n) is 3.11. The van der Waals surface area contributed by atoms with E-state index in [9.17, 15) is 13.2 Å². The Morgan fingerprint density at radius 1 is 1.00 bits per heavy atom. The van der Waals surface area contributed by atoms with E-state index in [1.54, 1.807) is 31.2 Å². The lowest BCUT2D eigenvalue weighted by atomic mass is 10.0. The number of aromatic nitrogens is 1. The molecule has 0 saturated carbocycles. The van der Waals surface area contributed by atoms with Crippen molar-refractivity contribution < 1.29 is 22.7 Å². The van der Waals surface area contributed by atoms with Crippen LogP contribution in [0.4, 0.5) is 5.82 Å². The molecule has 7 nitrogen and oxygen atoms in total. The van der Waals surface area contributed by atoms with Crippen molar-refractivity contribution in [3.63, 3.8) is 0 Å². The Bertz CT molecular complexity index is 1190. The van der Waals surface area contributed by atoms with Crippen LogP contribution in [0, 0.1) is 13.8 Å². The standard InChI is InChI=1S/C21H22N2O5S/c1-13-6-8-15(9-7-13)29(25,26)23(3)21-17(12-24)14(2)16-10-19(27-4)20(28-5)11-18(16)22-21/h6-12H,1-5H3. The Morgan fingerprint density at radius 3 is 2.14 bits per heavy atom. The van der Waals surface area contributed by atoms with Gasteiger partial charge in [0, 0.05) is 18.5 Å². The number of hydrogen-bond acceptors (Lipinski definition) is 6. The van der Waals surface area contributed by atoms with Gasteiger partial charge in [0.1, 0.15) is 0 Å². The molecule has 152 valence electrons. The predicted octanol–water partition coefficient (Wildman–Crippen LogP) is 3.51. The van der Waals surface area contributed by atoms with Crippen LogP contribution in [-0.4, -0.2) is 41.0 Å². The molecule has 3 aromatic rings. The summed E-state index contributed by atoms with van der Waals surface area (Å²) >= 11 is 0. The second kappa shape index (κ2) is 7.71. The number of hydrogen-bond donors (Lipinski definition) is 0. The highest BCUT2D eigenvalue weighted by Crippen LogP contribution is 2.36. The largest absolute Gasteiger partial charge is 0.493 e. The highest BCUT2D eigenvalue weighted by molar-refractivity contribution is 7.92. The van der Waals surface area contributed by atoms with Gasteiger partial charge in [0.25, 0.3) is 10.0 Å². The molecular formula is C21H22N2O5S. The van der Waals surface area contributed by atoms with Gasteiger partial charge in [-0.1, -0.05) is 17.7 Å². The van der Waals surface area contributed by atoms with E-state index < -0.39 is 10.0 Å². The maximum absolute atomic E-state index is 13.1. The van der Waals surface area contributed by atoms with E-state index >= 15 is 0 Å². The number of sulfonamides is 1. The van der Waals surface area contributed by atoms with E-state index in [0.29, 0.717) is 34.3 Å². The van der Waals surface area contributed by atoms with E-state index in [-0.39, 0.29) is 16.3 Å². The molecule has 0 aliphatic rings. The van der Waals surface area contributed by atoms with Crippen LogP contribution in [0.2, 0.25) is 0 Å². The molecule has 0 aliphatic heterocycles. The number of anilines is 1. The normalized spacial score (nSPS) is 11.3. The molecule has 3 rings (SSSR count). The Morgan fingerprint density at radius 2 is 1.59 bits per heavy atom. The highest BCUT2D eigenvalue weighted by atomic mass is 32.2. The first-order chi connectivity index (χ1) is 13.7. The molecule has 0 unspecified atom stereocenters. The summed E-state index contributed by atoms with van der Waals surface area (Å²) in [5.41, 5.74) is 2.24. The molecule has 1 aromatic heterocycles. The molecule has 2 aromatic carbocycles. The number of pyridine rings is 1. The van der Waals surface area contributed by atoms with Crippen LogP contribution in [0.3, 0.4) is 0 Å². The van der Waals surface area contributed by atoms with Crippen molar-refractivity contribution in [1.82, 2.24) is 4.98 Å². The number of methoxy groups -OCH3 is 2. The molecule has 0 atom stereocenters. The van der Waals surface area contributed by atoms with Gasteiger partial charge in [0.15, 0.2) is 23.6 Å². The van der Waals surface area contributed by atoms with E-state index in [1.165, 1.54) is 33.4 Å². The van der Waals surface area contributed by atoms with Gasteiger partial charge < -0.3 is 9.47 Å². The van der Waals surface area contributed by atoms with Gasteiger partial charge in [-0.25, -0.2) is 13.4 Å². The number of aldehydes is 1. The molecule has 0 aliphatic carbocycles. The summed E-state index contributed by atoms with van der Waals surface area (Å²) in [6.45, 7) is 3.62. The molecule has 0 fully saturated rings. The van der Waals surface area contributed by atoms with Crippen LogP contribution in [0.1, 0.15) is 21.5 Å². The fraction of sp³-hybridized carbons (Fsp3) is 0.238. The number of rotatable bonds is 6. The number of aryl methyl sites for hydroxylation is 2. The van der Waals surface area contributed by atoms with E-state index in [4.69, 9.17) is 9.47 Å². The predicted molar refractivity (Wildman–Crippen MR) is 112 cm³/mol. The summed E-state index contributed by atoms with van der Waals surface area (Å²) in [4.78, 5) is 16.5. The third-order valence-electron chi connectivity index (χ3n) is 4.87. The molecule has 0 saturated heterocycles. The minimum Gasteiger partial charge on any atom is -0.493 e. The lowest BCUT2D eigenvalue weighted by Crippen LogP contribution is -2.28. The summed E-state index contributed by atoms with van der Waals surface area (Å²) in [5, 5.41) is 0.676. The lowest BCUT2D eigenvalue weighted by molar-refractivity contribution is 0.112. The van der Waals surface area contributed by atoms with Crippen LogP contribution in [0.25, 0.3) is 10.9 Å². The second-order valence-corrected chi connectivity index (χ2v) is 8.57. The monoisotopic (exact) mass is 414 g/mol. The SMILES string of the molecule is COc1cc2nc(N(C)S(=O)(=O)c3ccc(C)cc3)c(C=O)c(C)c2cc1OC. The zero-order chi connectivity index (χ0) is 21.3. The fourth-order valence-corrected chi connectivity index (χ4v) is 4.27. The number of ether oxygens (including phenoxy) is 2. The number of nitrogens with zero attached hydrogens (tertiary/aromatic N) is 2. The lowest BCUT2D eigenvalue weighted by Gasteiger charge is -2.22. The van der Waals surface area contributed by atoms with E-state index in [1.807, 2.05) is 6.92 Å². The van der Waals surface area contributed by atoms with Crippen molar-refractivity contribution in [2.24, 2.45) is 0 Å². The highest BCUT2D eigenvalue weighted by Gasteiger charge is 2.26. The average molecular weight is 414 g/mol. The van der Waals surface area contributed by atoms with Gasteiger partial charge >= 0.3 is 0 Å². The van der Waals surface area contributed by atoms with Crippen molar-refractivity contribution in [3.05, 3.63) is 53.1 Å². The number of fused-ring (bicyclic) bond motifs is 1. The number of benzene rings is 2. The first kappa shape index (κ1) is 20.6. The zero-order valence-electron chi connectivity index (χ0n) is 16.9. The molecule has 0 N–H and O–H groups in total. The first-order valence-electron chi connectivity index (χ1n) is 8.81. The Kier molecular flexibility index (Phi) is 5.48. The van der Waals surface area contributed by atoms with E-state index in [2.05, 4.69) is 4.98 Å². The van der Waals surface area contributed by atoms with Gasteiger partial charge in [-0.3, -0.25) is 9.10 Å². The minimum atomic E-state index is -3.90. The van der Waals surface area contributed by atoms with Crippen LogP contribution in [0.15, 0.2) is 41.3 Å². The van der Waals surface area contributed by atoms with Crippen molar-refractivity contribution in [2.75, 3.05) is 25.6 Å². The van der Waals surface area contributed by atoms with Crippen LogP contribution in [0.5, 0.6) is 11.5 Å². The number of carbonyl (C=O) groups is 1. The Hall–Kier alpha value is -3.13. The van der Waals surface area contributed by atoms with Gasteiger partial charge in [0.05, 0.1) is 30.2 Å². The van der Waals surface area contributed by atoms with Gasteiger partial charge in [-0.15, -0.1) is 0 Å². The van der Waals surface area contributed by atoms with Crippen molar-refractivity contribution in [3.8, 4) is 11.5 Å². The summed E-state index contributed by atoms with van der Waals surface area (Å²) < 4.78 is 37.9. The second-order valence-electron chi connectivity index (χ2n) is 6.60. The molecule has 8 heteroatoms. The van der Waals surface area contributed by atoms with E-state index in [0.717, 1.165) is 9.87 Å². The molecule has 0 bridgehead atoms. The molecule has 0 amide bonds. The summed E-state index contributed by atoms with van der Waals surface area (Å²) in [5.74, 6) is 1.01. The topological polar surface area (TPSA) is 85.8 Å². The molecule has 0 radical (unpaired) electrons. The average Bonchev–Trinajstić information content (AvgIpc) is 2.72. The Labute approximate surface area is 169 Å². The number of carbonyl (C=O) groups excluding carboxylic acids is 1. The zero-order valence-corrected chi connectivity index (χ0v) is 17.7. The van der Waals surface area contributed by atoms with Crippen molar-refractivity contribution in [1.29, 1.82) is 0 Å².